The van der Waals surface area contributed by atoms with Crippen molar-refractivity contribution in [3.63, 3.8) is 0 Å². The van der Waals surface area contributed by atoms with Crippen molar-refractivity contribution in [3.05, 3.63) is 5.92 Å². The summed E-state index contributed by atoms with van der Waals surface area (Å²) >= 11 is 0. The number of unbranched alkanes of at least 4 members (excludes halogenated alkanes) is 8. The zero-order valence-electron chi connectivity index (χ0n) is 15.3. The number of hydrogen-bond donors (Lipinski definition) is 3. The minimum atomic E-state index is 1.34. The van der Waals surface area contributed by atoms with E-state index in [1.165, 1.54) is 85.4 Å². The van der Waals surface area contributed by atoms with Gasteiger partial charge in [0, 0.05) is 0 Å². The van der Waals surface area contributed by atoms with Crippen LogP contribution in [-0.4, -0.2) is 21.1 Å². The van der Waals surface area contributed by atoms with Crippen LogP contribution < -0.4 is 17.2 Å². The van der Waals surface area contributed by atoms with E-state index in [9.17, 15) is 0 Å². The largest absolute Gasteiger partial charge is 0.333 e. The maximum atomic E-state index is 4.50. The Bertz CT molecular complexity index is 106. The lowest BCUT2D eigenvalue weighted by molar-refractivity contribution is 0.559. The number of hydrogen-bond acceptors (Lipinski definition) is 3. The summed E-state index contributed by atoms with van der Waals surface area (Å²) in [7, 11) is 4.50. The molecule has 0 aromatic rings. The Labute approximate surface area is 130 Å². The summed E-state index contributed by atoms with van der Waals surface area (Å²) in [5.41, 5.74) is 13.5. The minimum Gasteiger partial charge on any atom is -0.333 e. The maximum absolute atomic E-state index is 4.50. The Morgan fingerprint density at radius 1 is 0.550 bits per heavy atom. The topological polar surface area (TPSA) is 78.1 Å². The summed E-state index contributed by atoms with van der Waals surface area (Å²) in [6.07, 6.45) is 14.3. The third kappa shape index (κ3) is 43.0. The highest BCUT2D eigenvalue weighted by Crippen LogP contribution is 2.13. The molecule has 0 aliphatic carbocycles. The minimum absolute atomic E-state index is 1.34. The van der Waals surface area contributed by atoms with Crippen LogP contribution in [0.25, 0.3) is 0 Å². The van der Waals surface area contributed by atoms with Gasteiger partial charge in [-0.1, -0.05) is 78.6 Å². The first-order valence-corrected chi connectivity index (χ1v) is 8.29. The molecule has 0 bridgehead atoms. The summed E-state index contributed by atoms with van der Waals surface area (Å²) in [5.74, 6) is 1.59. The summed E-state index contributed by atoms with van der Waals surface area (Å²) in [4.78, 5) is 0. The standard InChI is InChI=1S/C14H29.3CH5N/c1-4-5-6-7-8-9-10-11-12-13-14(2)3;3*1-2/h4-13H2,1-3H3;3*2H2,1H3. The molecule has 0 aromatic carbocycles. The average molecular weight is 291 g/mol. The van der Waals surface area contributed by atoms with Gasteiger partial charge in [0.15, 0.2) is 0 Å². The summed E-state index contributed by atoms with van der Waals surface area (Å²) in [6.45, 7) is 6.76. The van der Waals surface area contributed by atoms with Crippen LogP contribution in [0.4, 0.5) is 0 Å². The SMILES string of the molecule is CCCCCCCCCCC[C](C)C.CN.CN.CN. The Kier molecular flexibility index (Phi) is 51.1. The summed E-state index contributed by atoms with van der Waals surface area (Å²) < 4.78 is 0. The van der Waals surface area contributed by atoms with E-state index in [1.54, 1.807) is 5.92 Å². The molecule has 20 heavy (non-hydrogen) atoms. The fraction of sp³-hybridized carbons (Fsp3) is 0.941. The first-order chi connectivity index (χ1) is 9.77. The molecule has 0 atom stereocenters. The second-order valence-corrected chi connectivity index (χ2v) is 4.79. The monoisotopic (exact) mass is 290 g/mol. The molecule has 0 saturated heterocycles. The summed E-state index contributed by atoms with van der Waals surface area (Å²) in [6, 6.07) is 0. The van der Waals surface area contributed by atoms with Crippen molar-refractivity contribution in [2.45, 2.75) is 85.0 Å². The molecule has 0 aliphatic rings. The van der Waals surface area contributed by atoms with E-state index in [0.717, 1.165) is 0 Å². The van der Waals surface area contributed by atoms with Crippen LogP contribution in [0.3, 0.4) is 0 Å². The predicted octanol–water partition coefficient (Wildman–Crippen LogP) is 4.25. The molecule has 0 heterocycles. The molecule has 0 aliphatic heterocycles. The van der Waals surface area contributed by atoms with Crippen molar-refractivity contribution < 1.29 is 0 Å². The van der Waals surface area contributed by atoms with Gasteiger partial charge in [0.25, 0.3) is 0 Å². The van der Waals surface area contributed by atoms with Gasteiger partial charge in [-0.15, -0.1) is 0 Å². The molecule has 6 N–H and O–H groups in total. The van der Waals surface area contributed by atoms with Gasteiger partial charge in [0.05, 0.1) is 0 Å². The van der Waals surface area contributed by atoms with Gasteiger partial charge >= 0.3 is 0 Å². The lowest BCUT2D eigenvalue weighted by Crippen LogP contribution is -1.85. The highest BCUT2D eigenvalue weighted by molar-refractivity contribution is 4.75. The quantitative estimate of drug-likeness (QED) is 0.526. The van der Waals surface area contributed by atoms with E-state index in [0.29, 0.717) is 0 Å². The smallest absolute Gasteiger partial charge is 0.0195 e. The normalized spacial score (nSPS) is 8.70. The van der Waals surface area contributed by atoms with E-state index >= 15 is 0 Å². The van der Waals surface area contributed by atoms with Crippen LogP contribution in [0.2, 0.25) is 0 Å². The van der Waals surface area contributed by atoms with Gasteiger partial charge in [-0.2, -0.15) is 0 Å². The molecule has 0 rings (SSSR count). The first kappa shape index (κ1) is 28.1. The van der Waals surface area contributed by atoms with Gasteiger partial charge in [0.2, 0.25) is 0 Å². The number of nitrogens with two attached hydrogens (primary N) is 3. The first-order valence-electron chi connectivity index (χ1n) is 8.29. The molecule has 0 spiro atoms. The van der Waals surface area contributed by atoms with Crippen molar-refractivity contribution >= 4 is 0 Å². The van der Waals surface area contributed by atoms with Gasteiger partial charge < -0.3 is 17.2 Å². The van der Waals surface area contributed by atoms with Crippen LogP contribution in [0.1, 0.15) is 85.0 Å². The van der Waals surface area contributed by atoms with Crippen LogP contribution in [-0.2, 0) is 0 Å². The molecule has 0 fully saturated rings. The van der Waals surface area contributed by atoms with Crippen molar-refractivity contribution in [1.82, 2.24) is 0 Å². The van der Waals surface area contributed by atoms with E-state index < -0.39 is 0 Å². The fourth-order valence-corrected chi connectivity index (χ4v) is 1.79. The average Bonchev–Trinajstić information content (AvgIpc) is 2.51. The van der Waals surface area contributed by atoms with Gasteiger partial charge in [-0.25, -0.2) is 0 Å². The van der Waals surface area contributed by atoms with E-state index in [4.69, 9.17) is 0 Å². The molecule has 3 heteroatoms. The molecule has 0 aromatic heterocycles. The van der Waals surface area contributed by atoms with Crippen LogP contribution in [0.15, 0.2) is 0 Å². The van der Waals surface area contributed by atoms with Crippen molar-refractivity contribution in [1.29, 1.82) is 0 Å². The third-order valence-electron chi connectivity index (χ3n) is 2.78. The van der Waals surface area contributed by atoms with Crippen molar-refractivity contribution in [2.75, 3.05) is 21.1 Å². The van der Waals surface area contributed by atoms with Crippen LogP contribution in [0.5, 0.6) is 0 Å². The Balaban J connectivity index is -0.000000187. The Morgan fingerprint density at radius 2 is 0.850 bits per heavy atom. The third-order valence-corrected chi connectivity index (χ3v) is 2.78. The maximum Gasteiger partial charge on any atom is -0.0195 e. The second-order valence-electron chi connectivity index (χ2n) is 4.79. The predicted molar refractivity (Wildman–Crippen MR) is 96.8 cm³/mol. The highest BCUT2D eigenvalue weighted by atomic mass is 14.4. The van der Waals surface area contributed by atoms with E-state index in [-0.39, 0.29) is 0 Å². The van der Waals surface area contributed by atoms with E-state index in [1.807, 2.05) is 0 Å². The molecule has 0 amide bonds. The van der Waals surface area contributed by atoms with Gasteiger partial charge in [-0.3, -0.25) is 0 Å². The molecule has 0 unspecified atom stereocenters. The molecular weight excluding hydrogens is 246 g/mol. The lowest BCUT2D eigenvalue weighted by Gasteiger charge is -2.03. The molecule has 127 valence electrons. The van der Waals surface area contributed by atoms with Crippen LogP contribution >= 0.6 is 0 Å². The Hall–Kier alpha value is -0.120. The zero-order chi connectivity index (χ0) is 16.6. The van der Waals surface area contributed by atoms with Crippen LogP contribution in [0, 0.1) is 5.92 Å². The van der Waals surface area contributed by atoms with Crippen molar-refractivity contribution in [2.24, 2.45) is 17.2 Å². The Morgan fingerprint density at radius 3 is 1.15 bits per heavy atom. The van der Waals surface area contributed by atoms with E-state index in [2.05, 4.69) is 38.0 Å². The fourth-order valence-electron chi connectivity index (χ4n) is 1.79. The lowest BCUT2D eigenvalue weighted by atomic mass is 10.0. The van der Waals surface area contributed by atoms with Gasteiger partial charge in [0.1, 0.15) is 0 Å². The second kappa shape index (κ2) is 36.4. The zero-order valence-corrected chi connectivity index (χ0v) is 15.3. The van der Waals surface area contributed by atoms with Crippen molar-refractivity contribution in [3.8, 4) is 0 Å². The molecular formula is C17H44N3. The molecule has 0 saturated carbocycles. The number of rotatable bonds is 10. The highest BCUT2D eigenvalue weighted by Gasteiger charge is 1.94. The summed E-state index contributed by atoms with van der Waals surface area (Å²) in [5, 5.41) is 0. The molecule has 3 nitrogen and oxygen atoms in total. The van der Waals surface area contributed by atoms with Gasteiger partial charge in [-0.05, 0) is 33.5 Å². The molecule has 1 radical (unpaired) electrons.